The number of alkyl halides is 3. The Balaban J connectivity index is 0.00000361. The van der Waals surface area contributed by atoms with Gasteiger partial charge in [-0.3, -0.25) is 0 Å². The molecule has 3 nitrogen and oxygen atoms in total. The van der Waals surface area contributed by atoms with Crippen molar-refractivity contribution in [1.82, 2.24) is 0 Å². The summed E-state index contributed by atoms with van der Waals surface area (Å²) in [5.74, 6) is -0.587. The number of aliphatic hydroxyl groups is 1. The molecule has 0 unspecified atom stereocenters. The first-order valence-corrected chi connectivity index (χ1v) is 6.40. The number of hydrogen-bond donors (Lipinski definition) is 2. The van der Waals surface area contributed by atoms with Crippen molar-refractivity contribution in [1.29, 1.82) is 0 Å². The number of ether oxygens (including phenoxy) is 1. The molecule has 8 heteroatoms. The van der Waals surface area contributed by atoms with Gasteiger partial charge in [-0.1, -0.05) is 29.8 Å². The Morgan fingerprint density at radius 1 is 1.30 bits per heavy atom. The van der Waals surface area contributed by atoms with Gasteiger partial charge in [-0.2, -0.15) is 0 Å². The van der Waals surface area contributed by atoms with E-state index in [0.29, 0.717) is 4.47 Å². The largest absolute Gasteiger partial charge is 0.573 e. The van der Waals surface area contributed by atoms with Crippen LogP contribution in [0.15, 0.2) is 22.7 Å². The molecular weight excluding hydrogens is 362 g/mol. The van der Waals surface area contributed by atoms with Crippen molar-refractivity contribution in [3.05, 3.63) is 28.2 Å². The molecule has 3 N–H and O–H groups in total. The van der Waals surface area contributed by atoms with E-state index in [9.17, 15) is 18.3 Å². The molecule has 1 aromatic rings. The molecule has 0 aromatic heterocycles. The lowest BCUT2D eigenvalue weighted by molar-refractivity contribution is -0.275. The lowest BCUT2D eigenvalue weighted by Gasteiger charge is -2.24. The molecule has 0 aliphatic rings. The summed E-state index contributed by atoms with van der Waals surface area (Å²) in [6.07, 6.45) is -5.77. The minimum atomic E-state index is -4.80. The van der Waals surface area contributed by atoms with E-state index in [-0.39, 0.29) is 23.9 Å². The van der Waals surface area contributed by atoms with Gasteiger partial charge in [0, 0.05) is 10.0 Å². The van der Waals surface area contributed by atoms with Crippen LogP contribution in [0.4, 0.5) is 13.2 Å². The van der Waals surface area contributed by atoms with Crippen molar-refractivity contribution in [2.24, 2.45) is 11.7 Å². The second kappa shape index (κ2) is 7.49. The van der Waals surface area contributed by atoms with Crippen LogP contribution in [0.25, 0.3) is 0 Å². The predicted molar refractivity (Wildman–Crippen MR) is 75.8 cm³/mol. The number of rotatable bonds is 4. The molecule has 0 aliphatic carbocycles. The molecule has 0 spiro atoms. The fraction of sp³-hybridized carbons (Fsp3) is 0.500. The van der Waals surface area contributed by atoms with Crippen LogP contribution < -0.4 is 10.5 Å². The van der Waals surface area contributed by atoms with Crippen LogP contribution in [0.3, 0.4) is 0 Å². The SMILES string of the molecule is CC(C)[C@@H](O)[C@@H](N)c1cc(Br)ccc1OC(F)(F)F.Cl. The van der Waals surface area contributed by atoms with Crippen LogP contribution in [-0.2, 0) is 0 Å². The monoisotopic (exact) mass is 377 g/mol. The molecule has 0 radical (unpaired) electrons. The smallest absolute Gasteiger partial charge is 0.405 e. The predicted octanol–water partition coefficient (Wildman–Crippen LogP) is 3.79. The molecule has 1 rings (SSSR count). The highest BCUT2D eigenvalue weighted by Crippen LogP contribution is 2.34. The second-order valence-corrected chi connectivity index (χ2v) is 5.41. The number of halogens is 5. The van der Waals surface area contributed by atoms with Gasteiger partial charge >= 0.3 is 6.36 Å². The summed E-state index contributed by atoms with van der Waals surface area (Å²) in [5, 5.41) is 9.88. The molecule has 0 fully saturated rings. The third kappa shape index (κ3) is 5.47. The van der Waals surface area contributed by atoms with Gasteiger partial charge in [0.2, 0.25) is 0 Å². The van der Waals surface area contributed by atoms with Crippen molar-refractivity contribution in [3.63, 3.8) is 0 Å². The molecular formula is C12H16BrClF3NO2. The Morgan fingerprint density at radius 3 is 2.30 bits per heavy atom. The Kier molecular flexibility index (Phi) is 7.30. The van der Waals surface area contributed by atoms with Crippen LogP contribution in [-0.4, -0.2) is 17.6 Å². The standard InChI is InChI=1S/C12H15BrF3NO2.ClH/c1-6(2)11(18)10(17)8-5-7(13)3-4-9(8)19-12(14,15)16;/h3-6,10-11,18H,17H2,1-2H3;1H/t10-,11+;/m0./s1. The van der Waals surface area contributed by atoms with Gasteiger partial charge in [-0.25, -0.2) is 0 Å². The lowest BCUT2D eigenvalue weighted by atomic mass is 9.94. The fourth-order valence-corrected chi connectivity index (χ4v) is 1.97. The quantitative estimate of drug-likeness (QED) is 0.838. The molecule has 116 valence electrons. The van der Waals surface area contributed by atoms with Gasteiger partial charge < -0.3 is 15.6 Å². The van der Waals surface area contributed by atoms with E-state index in [1.54, 1.807) is 13.8 Å². The molecule has 0 heterocycles. The molecule has 0 saturated heterocycles. The third-order valence-corrected chi connectivity index (χ3v) is 3.10. The van der Waals surface area contributed by atoms with E-state index in [0.717, 1.165) is 0 Å². The first-order chi connectivity index (χ1) is 8.61. The van der Waals surface area contributed by atoms with Crippen molar-refractivity contribution < 1.29 is 23.0 Å². The average molecular weight is 379 g/mol. The number of hydrogen-bond acceptors (Lipinski definition) is 3. The minimum Gasteiger partial charge on any atom is -0.405 e. The summed E-state index contributed by atoms with van der Waals surface area (Å²) in [6, 6.07) is 3.03. The number of aliphatic hydroxyl groups excluding tert-OH is 1. The zero-order valence-corrected chi connectivity index (χ0v) is 13.2. The summed E-state index contributed by atoms with van der Waals surface area (Å²) in [7, 11) is 0. The Hall–Kier alpha value is -0.500. The summed E-state index contributed by atoms with van der Waals surface area (Å²) in [6.45, 7) is 3.46. The van der Waals surface area contributed by atoms with Gasteiger partial charge in [0.25, 0.3) is 0 Å². The van der Waals surface area contributed by atoms with Gasteiger partial charge in [0.05, 0.1) is 12.1 Å². The van der Waals surface area contributed by atoms with Crippen molar-refractivity contribution in [2.75, 3.05) is 0 Å². The van der Waals surface area contributed by atoms with Crippen LogP contribution in [0, 0.1) is 5.92 Å². The van der Waals surface area contributed by atoms with Crippen LogP contribution in [0.2, 0.25) is 0 Å². The number of nitrogens with two attached hydrogens (primary N) is 1. The molecule has 20 heavy (non-hydrogen) atoms. The molecule has 0 bridgehead atoms. The highest BCUT2D eigenvalue weighted by Gasteiger charge is 2.33. The summed E-state index contributed by atoms with van der Waals surface area (Å²) >= 11 is 3.16. The Labute approximate surface area is 129 Å². The number of benzene rings is 1. The third-order valence-electron chi connectivity index (χ3n) is 2.61. The van der Waals surface area contributed by atoms with Crippen molar-refractivity contribution in [2.45, 2.75) is 32.4 Å². The van der Waals surface area contributed by atoms with Gasteiger partial charge in [0.1, 0.15) is 5.75 Å². The first-order valence-electron chi connectivity index (χ1n) is 5.60. The maximum absolute atomic E-state index is 12.3. The maximum atomic E-state index is 12.3. The molecule has 0 amide bonds. The zero-order valence-electron chi connectivity index (χ0n) is 10.8. The molecule has 1 aromatic carbocycles. The molecule has 2 atom stereocenters. The van der Waals surface area contributed by atoms with Gasteiger partial charge in [-0.05, 0) is 24.1 Å². The van der Waals surface area contributed by atoms with E-state index in [4.69, 9.17) is 5.73 Å². The molecule has 0 aliphatic heterocycles. The maximum Gasteiger partial charge on any atom is 0.573 e. The average Bonchev–Trinajstić information content (AvgIpc) is 2.27. The van der Waals surface area contributed by atoms with Crippen LogP contribution >= 0.6 is 28.3 Å². The molecule has 0 saturated carbocycles. The fourth-order valence-electron chi connectivity index (χ4n) is 1.60. The first kappa shape index (κ1) is 19.5. The van der Waals surface area contributed by atoms with Gasteiger partial charge in [-0.15, -0.1) is 25.6 Å². The van der Waals surface area contributed by atoms with Crippen LogP contribution in [0.1, 0.15) is 25.5 Å². The van der Waals surface area contributed by atoms with Gasteiger partial charge in [0.15, 0.2) is 0 Å². The van der Waals surface area contributed by atoms with Crippen LogP contribution in [0.5, 0.6) is 5.75 Å². The topological polar surface area (TPSA) is 55.5 Å². The zero-order chi connectivity index (χ0) is 14.8. The van der Waals surface area contributed by atoms with E-state index in [1.165, 1.54) is 18.2 Å². The van der Waals surface area contributed by atoms with E-state index < -0.39 is 24.3 Å². The van der Waals surface area contributed by atoms with E-state index in [2.05, 4.69) is 20.7 Å². The summed E-state index contributed by atoms with van der Waals surface area (Å²) in [5.41, 5.74) is 5.91. The normalized spacial score (nSPS) is 14.7. The minimum absolute atomic E-state index is 0. The lowest BCUT2D eigenvalue weighted by Crippen LogP contribution is -2.31. The Bertz CT molecular complexity index is 443. The summed E-state index contributed by atoms with van der Waals surface area (Å²) < 4.78 is 41.4. The van der Waals surface area contributed by atoms with E-state index in [1.807, 2.05) is 0 Å². The summed E-state index contributed by atoms with van der Waals surface area (Å²) in [4.78, 5) is 0. The Morgan fingerprint density at radius 2 is 1.85 bits per heavy atom. The second-order valence-electron chi connectivity index (χ2n) is 4.49. The van der Waals surface area contributed by atoms with Crippen molar-refractivity contribution in [3.8, 4) is 5.75 Å². The highest BCUT2D eigenvalue weighted by molar-refractivity contribution is 9.10. The van der Waals surface area contributed by atoms with E-state index >= 15 is 0 Å². The van der Waals surface area contributed by atoms with Crippen molar-refractivity contribution >= 4 is 28.3 Å². The highest BCUT2D eigenvalue weighted by atomic mass is 79.9.